The second kappa shape index (κ2) is 6.40. The van der Waals surface area contributed by atoms with Crippen LogP contribution in [0.4, 0.5) is 5.69 Å². The maximum Gasteiger partial charge on any atom is 0.113 e. The molecule has 1 aromatic carbocycles. The van der Waals surface area contributed by atoms with Gasteiger partial charge >= 0.3 is 0 Å². The van der Waals surface area contributed by atoms with Crippen LogP contribution in [0.3, 0.4) is 0 Å². The summed E-state index contributed by atoms with van der Waals surface area (Å²) in [6.07, 6.45) is 1.72. The van der Waals surface area contributed by atoms with Gasteiger partial charge in [0.05, 0.1) is 12.0 Å². The third-order valence-corrected chi connectivity index (χ3v) is 3.43. The molecule has 2 nitrogen and oxygen atoms in total. The van der Waals surface area contributed by atoms with Gasteiger partial charge in [0.1, 0.15) is 5.76 Å². The lowest BCUT2D eigenvalue weighted by atomic mass is 10.2. The normalized spacial score (nSPS) is 10.4. The van der Waals surface area contributed by atoms with Crippen molar-refractivity contribution in [3.8, 4) is 0 Å². The van der Waals surface area contributed by atoms with Crippen molar-refractivity contribution in [2.75, 3.05) is 17.6 Å². The van der Waals surface area contributed by atoms with Crippen LogP contribution in [0.2, 0.25) is 0 Å². The van der Waals surface area contributed by atoms with Crippen molar-refractivity contribution in [3.63, 3.8) is 0 Å². The van der Waals surface area contributed by atoms with Crippen molar-refractivity contribution in [2.24, 2.45) is 0 Å². The van der Waals surface area contributed by atoms with E-state index in [1.165, 1.54) is 11.3 Å². The van der Waals surface area contributed by atoms with Crippen molar-refractivity contribution in [1.29, 1.82) is 0 Å². The zero-order valence-electron chi connectivity index (χ0n) is 9.98. The first-order chi connectivity index (χ1) is 8.34. The van der Waals surface area contributed by atoms with Gasteiger partial charge in [-0.15, -0.1) is 0 Å². The molecule has 0 amide bonds. The molecule has 3 heteroatoms. The summed E-state index contributed by atoms with van der Waals surface area (Å²) in [7, 11) is 0. The lowest BCUT2D eigenvalue weighted by molar-refractivity contribution is 0.530. The molecular formula is C14H17NOS. The fourth-order valence-electron chi connectivity index (χ4n) is 1.51. The predicted octanol–water partition coefficient (Wildman–Crippen LogP) is 3.93. The van der Waals surface area contributed by atoms with Crippen LogP contribution in [0.25, 0.3) is 0 Å². The highest BCUT2D eigenvalue weighted by molar-refractivity contribution is 7.98. The summed E-state index contributed by atoms with van der Waals surface area (Å²) in [4.78, 5) is 0. The van der Waals surface area contributed by atoms with Crippen molar-refractivity contribution in [1.82, 2.24) is 0 Å². The van der Waals surface area contributed by atoms with Crippen LogP contribution in [0.15, 0.2) is 47.1 Å². The summed E-state index contributed by atoms with van der Waals surface area (Å²) in [6.45, 7) is 3.08. The summed E-state index contributed by atoms with van der Waals surface area (Å²) in [6, 6.07) is 12.4. The number of thioether (sulfide) groups is 1. The fourth-order valence-corrected chi connectivity index (χ4v) is 2.26. The van der Waals surface area contributed by atoms with Gasteiger partial charge in [-0.25, -0.2) is 0 Å². The number of hydrogen-bond donors (Lipinski definition) is 1. The van der Waals surface area contributed by atoms with E-state index in [2.05, 4.69) is 36.5 Å². The average molecular weight is 247 g/mol. The van der Waals surface area contributed by atoms with E-state index in [1.807, 2.05) is 23.9 Å². The first-order valence-electron chi connectivity index (χ1n) is 5.75. The minimum atomic E-state index is 0.947. The zero-order valence-corrected chi connectivity index (χ0v) is 10.8. The second-order valence-electron chi connectivity index (χ2n) is 3.92. The Kier molecular flexibility index (Phi) is 4.56. The molecule has 17 heavy (non-hydrogen) atoms. The summed E-state index contributed by atoms with van der Waals surface area (Å²) < 4.78 is 5.27. The maximum atomic E-state index is 5.27. The molecule has 0 spiro atoms. The minimum absolute atomic E-state index is 0.947. The maximum absolute atomic E-state index is 5.27. The monoisotopic (exact) mass is 247 g/mol. The molecule has 0 unspecified atom stereocenters. The van der Waals surface area contributed by atoms with E-state index in [4.69, 9.17) is 4.42 Å². The molecule has 0 aliphatic heterocycles. The first-order valence-corrected chi connectivity index (χ1v) is 6.91. The van der Waals surface area contributed by atoms with Crippen LogP contribution < -0.4 is 5.32 Å². The molecule has 0 bridgehead atoms. The van der Waals surface area contributed by atoms with Gasteiger partial charge in [0.2, 0.25) is 0 Å². The Morgan fingerprint density at radius 2 is 2.00 bits per heavy atom. The molecule has 1 heterocycles. The third-order valence-electron chi connectivity index (χ3n) is 2.45. The molecule has 2 aromatic rings. The quantitative estimate of drug-likeness (QED) is 0.783. The van der Waals surface area contributed by atoms with E-state index in [-0.39, 0.29) is 0 Å². The van der Waals surface area contributed by atoms with Gasteiger partial charge in [-0.2, -0.15) is 11.8 Å². The Bertz CT molecular complexity index is 422. The minimum Gasteiger partial charge on any atom is -0.468 e. The zero-order chi connectivity index (χ0) is 11.9. The van der Waals surface area contributed by atoms with E-state index in [9.17, 15) is 0 Å². The standard InChI is InChI=1S/C14H17NOS/c1-12-4-6-13(7-5-12)15-8-10-17-11-14-3-2-9-16-14/h2-7,9,15H,8,10-11H2,1H3. The molecule has 0 fully saturated rings. The number of nitrogens with one attached hydrogen (secondary N) is 1. The Balaban J connectivity index is 1.61. The van der Waals surface area contributed by atoms with E-state index in [0.29, 0.717) is 0 Å². The molecule has 1 aromatic heterocycles. The van der Waals surface area contributed by atoms with E-state index < -0.39 is 0 Å². The number of furan rings is 1. The van der Waals surface area contributed by atoms with E-state index in [1.54, 1.807) is 6.26 Å². The Morgan fingerprint density at radius 1 is 1.18 bits per heavy atom. The molecule has 1 N–H and O–H groups in total. The molecular weight excluding hydrogens is 230 g/mol. The summed E-state index contributed by atoms with van der Waals surface area (Å²) in [5, 5.41) is 3.40. The van der Waals surface area contributed by atoms with Crippen LogP contribution in [0.1, 0.15) is 11.3 Å². The molecule has 0 saturated heterocycles. The van der Waals surface area contributed by atoms with Crippen molar-refractivity contribution >= 4 is 17.4 Å². The molecule has 0 aliphatic rings. The number of hydrogen-bond acceptors (Lipinski definition) is 3. The van der Waals surface area contributed by atoms with Gasteiger partial charge in [-0.1, -0.05) is 17.7 Å². The Morgan fingerprint density at radius 3 is 2.71 bits per heavy atom. The van der Waals surface area contributed by atoms with E-state index >= 15 is 0 Å². The van der Waals surface area contributed by atoms with E-state index in [0.717, 1.165) is 23.8 Å². The summed E-state index contributed by atoms with van der Waals surface area (Å²) >= 11 is 1.88. The Hall–Kier alpha value is -1.35. The van der Waals surface area contributed by atoms with Crippen LogP contribution in [0, 0.1) is 6.92 Å². The fraction of sp³-hybridized carbons (Fsp3) is 0.286. The largest absolute Gasteiger partial charge is 0.468 e. The van der Waals surface area contributed by atoms with Crippen LogP contribution in [-0.2, 0) is 5.75 Å². The van der Waals surface area contributed by atoms with Crippen LogP contribution in [0.5, 0.6) is 0 Å². The number of aryl methyl sites for hydroxylation is 1. The third kappa shape index (κ3) is 4.19. The molecule has 0 aliphatic carbocycles. The van der Waals surface area contributed by atoms with Gasteiger partial charge in [0.25, 0.3) is 0 Å². The molecule has 0 saturated carbocycles. The number of anilines is 1. The lowest BCUT2D eigenvalue weighted by Crippen LogP contribution is -2.03. The van der Waals surface area contributed by atoms with Gasteiger partial charge < -0.3 is 9.73 Å². The number of benzene rings is 1. The molecule has 90 valence electrons. The first kappa shape index (κ1) is 12.1. The topological polar surface area (TPSA) is 25.2 Å². The summed E-state index contributed by atoms with van der Waals surface area (Å²) in [5.41, 5.74) is 2.48. The summed E-state index contributed by atoms with van der Waals surface area (Å²) in [5.74, 6) is 3.07. The highest BCUT2D eigenvalue weighted by Crippen LogP contribution is 2.13. The number of rotatable bonds is 6. The van der Waals surface area contributed by atoms with Gasteiger partial charge in [0, 0.05) is 18.0 Å². The van der Waals surface area contributed by atoms with Gasteiger partial charge in [-0.3, -0.25) is 0 Å². The predicted molar refractivity (Wildman–Crippen MR) is 74.5 cm³/mol. The second-order valence-corrected chi connectivity index (χ2v) is 5.03. The molecule has 2 rings (SSSR count). The van der Waals surface area contributed by atoms with Gasteiger partial charge in [0.15, 0.2) is 0 Å². The molecule has 0 atom stereocenters. The molecule has 0 radical (unpaired) electrons. The lowest BCUT2D eigenvalue weighted by Gasteiger charge is -2.05. The van der Waals surface area contributed by atoms with Crippen molar-refractivity contribution in [2.45, 2.75) is 12.7 Å². The highest BCUT2D eigenvalue weighted by atomic mass is 32.2. The Labute approximate surface area is 106 Å². The van der Waals surface area contributed by atoms with Crippen LogP contribution >= 0.6 is 11.8 Å². The average Bonchev–Trinajstić information content (AvgIpc) is 2.84. The van der Waals surface area contributed by atoms with Crippen molar-refractivity contribution < 1.29 is 4.42 Å². The SMILES string of the molecule is Cc1ccc(NCCSCc2ccco2)cc1. The van der Waals surface area contributed by atoms with Crippen LogP contribution in [-0.4, -0.2) is 12.3 Å². The smallest absolute Gasteiger partial charge is 0.113 e. The van der Waals surface area contributed by atoms with Gasteiger partial charge in [-0.05, 0) is 31.2 Å². The van der Waals surface area contributed by atoms with Crippen molar-refractivity contribution in [3.05, 3.63) is 54.0 Å². The highest BCUT2D eigenvalue weighted by Gasteiger charge is 1.96.